The van der Waals surface area contributed by atoms with Gasteiger partial charge < -0.3 is 15.0 Å². The smallest absolute Gasteiger partial charge is 0.242 e. The van der Waals surface area contributed by atoms with Crippen LogP contribution in [0.15, 0.2) is 47.4 Å². The van der Waals surface area contributed by atoms with Crippen molar-refractivity contribution >= 4 is 33.2 Å². The molecule has 3 rings (SSSR count). The number of carbonyl (C=O) groups excluding carboxylic acids is 2. The number of amides is 2. The third-order valence-electron chi connectivity index (χ3n) is 5.58. The highest BCUT2D eigenvalue weighted by molar-refractivity contribution is 7.89. The molecule has 2 N–H and O–H groups in total. The molecule has 0 saturated carbocycles. The van der Waals surface area contributed by atoms with Crippen LogP contribution < -0.4 is 19.7 Å². The van der Waals surface area contributed by atoms with Crippen molar-refractivity contribution in [3.05, 3.63) is 48.0 Å². The molecule has 1 heterocycles. The third-order valence-corrected chi connectivity index (χ3v) is 7.02. The Morgan fingerprint density at radius 2 is 1.82 bits per heavy atom. The zero-order valence-corrected chi connectivity index (χ0v) is 20.4. The van der Waals surface area contributed by atoms with E-state index in [0.717, 1.165) is 11.3 Å². The number of carbonyl (C=O) groups is 2. The van der Waals surface area contributed by atoms with Crippen LogP contribution in [0.5, 0.6) is 5.75 Å². The lowest BCUT2D eigenvalue weighted by atomic mass is 10.0. The first-order chi connectivity index (χ1) is 15.5. The van der Waals surface area contributed by atoms with Gasteiger partial charge in [0.15, 0.2) is 0 Å². The summed E-state index contributed by atoms with van der Waals surface area (Å²) in [7, 11) is -3.97. The molecule has 8 nitrogen and oxygen atoms in total. The fraction of sp³-hybridized carbons (Fsp3) is 0.417. The molecule has 0 aliphatic carbocycles. The Morgan fingerprint density at radius 1 is 1.15 bits per heavy atom. The van der Waals surface area contributed by atoms with Gasteiger partial charge in [0, 0.05) is 24.3 Å². The highest BCUT2D eigenvalue weighted by Crippen LogP contribution is 2.34. The Morgan fingerprint density at radius 3 is 2.39 bits per heavy atom. The summed E-state index contributed by atoms with van der Waals surface area (Å²) in [5.74, 6) is -0.132. The van der Waals surface area contributed by atoms with Gasteiger partial charge in [0.1, 0.15) is 11.8 Å². The van der Waals surface area contributed by atoms with E-state index in [-0.39, 0.29) is 22.8 Å². The maximum atomic E-state index is 13.1. The summed E-state index contributed by atoms with van der Waals surface area (Å²) in [5, 5.41) is 2.77. The van der Waals surface area contributed by atoms with E-state index in [1.54, 1.807) is 55.1 Å². The molecule has 0 spiro atoms. The molecule has 0 unspecified atom stereocenters. The Balaban J connectivity index is 1.78. The summed E-state index contributed by atoms with van der Waals surface area (Å²) in [4.78, 5) is 26.6. The van der Waals surface area contributed by atoms with Gasteiger partial charge in [0.25, 0.3) is 0 Å². The summed E-state index contributed by atoms with van der Waals surface area (Å²) in [6.45, 7) is 9.40. The predicted octanol–water partition coefficient (Wildman–Crippen LogP) is 3.32. The molecule has 2 atom stereocenters. The van der Waals surface area contributed by atoms with Crippen LogP contribution >= 0.6 is 0 Å². The lowest BCUT2D eigenvalue weighted by Crippen LogP contribution is -2.47. The van der Waals surface area contributed by atoms with Crippen LogP contribution in [0.3, 0.4) is 0 Å². The molecular formula is C24H31N3O5S. The summed E-state index contributed by atoms with van der Waals surface area (Å²) >= 11 is 0. The Kier molecular flexibility index (Phi) is 7.44. The van der Waals surface area contributed by atoms with Gasteiger partial charge in [-0.15, -0.1) is 0 Å². The maximum absolute atomic E-state index is 13.1. The molecule has 1 aliphatic heterocycles. The van der Waals surface area contributed by atoms with Gasteiger partial charge >= 0.3 is 0 Å². The molecule has 9 heteroatoms. The lowest BCUT2D eigenvalue weighted by Gasteiger charge is -2.22. The van der Waals surface area contributed by atoms with E-state index >= 15 is 0 Å². The van der Waals surface area contributed by atoms with Crippen LogP contribution in [-0.4, -0.2) is 38.9 Å². The molecule has 2 aromatic rings. The van der Waals surface area contributed by atoms with Crippen molar-refractivity contribution < 1.29 is 22.7 Å². The third kappa shape index (κ3) is 5.54. The van der Waals surface area contributed by atoms with Crippen molar-refractivity contribution in [3.63, 3.8) is 0 Å². The van der Waals surface area contributed by atoms with Crippen molar-refractivity contribution in [2.24, 2.45) is 5.92 Å². The molecule has 0 saturated heterocycles. The molecule has 178 valence electrons. The Bertz CT molecular complexity index is 1130. The minimum absolute atomic E-state index is 0.0354. The van der Waals surface area contributed by atoms with Gasteiger partial charge in [0.05, 0.1) is 11.5 Å². The normalized spacial score (nSPS) is 16.4. The van der Waals surface area contributed by atoms with Crippen molar-refractivity contribution in [2.75, 3.05) is 16.8 Å². The van der Waals surface area contributed by atoms with Crippen molar-refractivity contribution in [2.45, 2.75) is 58.0 Å². The van der Waals surface area contributed by atoms with Crippen LogP contribution in [0, 0.1) is 5.92 Å². The van der Waals surface area contributed by atoms with Gasteiger partial charge in [-0.3, -0.25) is 9.59 Å². The van der Waals surface area contributed by atoms with Crippen molar-refractivity contribution in [3.8, 4) is 5.75 Å². The fourth-order valence-electron chi connectivity index (χ4n) is 4.00. The van der Waals surface area contributed by atoms with Gasteiger partial charge in [0.2, 0.25) is 21.8 Å². The number of nitrogens with zero attached hydrogens (tertiary/aromatic N) is 1. The van der Waals surface area contributed by atoms with Gasteiger partial charge in [-0.05, 0) is 74.2 Å². The van der Waals surface area contributed by atoms with Gasteiger partial charge in [-0.1, -0.05) is 13.8 Å². The SMILES string of the molecule is CCOc1ccc(NC(=O)[C@@H](NS(=O)(=O)c2ccc3c(c2)C[C@H](C)N3C(C)=O)C(C)C)cc1. The zero-order chi connectivity index (χ0) is 24.3. The first kappa shape index (κ1) is 24.7. The minimum atomic E-state index is -3.97. The summed E-state index contributed by atoms with van der Waals surface area (Å²) in [6, 6.07) is 10.6. The van der Waals surface area contributed by atoms with Crippen LogP contribution in [0.2, 0.25) is 0 Å². The van der Waals surface area contributed by atoms with E-state index in [2.05, 4.69) is 10.0 Å². The zero-order valence-electron chi connectivity index (χ0n) is 19.6. The highest BCUT2D eigenvalue weighted by atomic mass is 32.2. The monoisotopic (exact) mass is 473 g/mol. The van der Waals surface area contributed by atoms with Crippen LogP contribution in [-0.2, 0) is 26.0 Å². The number of ether oxygens (including phenoxy) is 1. The maximum Gasteiger partial charge on any atom is 0.242 e. The van der Waals surface area contributed by atoms with E-state index < -0.39 is 22.0 Å². The molecular weight excluding hydrogens is 442 g/mol. The van der Waals surface area contributed by atoms with Gasteiger partial charge in [-0.25, -0.2) is 8.42 Å². The van der Waals surface area contributed by atoms with Crippen molar-refractivity contribution in [1.29, 1.82) is 0 Å². The number of fused-ring (bicyclic) bond motifs is 1. The second kappa shape index (κ2) is 9.93. The molecule has 0 aromatic heterocycles. The van der Waals surface area contributed by atoms with E-state index in [9.17, 15) is 18.0 Å². The largest absolute Gasteiger partial charge is 0.494 e. The number of hydrogen-bond acceptors (Lipinski definition) is 5. The number of sulfonamides is 1. The average molecular weight is 474 g/mol. The first-order valence-corrected chi connectivity index (χ1v) is 12.5. The van der Waals surface area contributed by atoms with E-state index in [1.807, 2.05) is 13.8 Å². The van der Waals surface area contributed by atoms with E-state index in [1.165, 1.54) is 13.0 Å². The van der Waals surface area contributed by atoms with E-state index in [0.29, 0.717) is 24.5 Å². The molecule has 0 bridgehead atoms. The average Bonchev–Trinajstić information content (AvgIpc) is 3.08. The van der Waals surface area contributed by atoms with Gasteiger partial charge in [-0.2, -0.15) is 4.72 Å². The second-order valence-electron chi connectivity index (χ2n) is 8.52. The number of hydrogen-bond donors (Lipinski definition) is 2. The lowest BCUT2D eigenvalue weighted by molar-refractivity contribution is -0.118. The number of benzene rings is 2. The topological polar surface area (TPSA) is 105 Å². The number of anilines is 2. The number of rotatable bonds is 8. The fourth-order valence-corrected chi connectivity index (χ4v) is 5.40. The highest BCUT2D eigenvalue weighted by Gasteiger charge is 2.32. The molecule has 0 radical (unpaired) electrons. The molecule has 2 amide bonds. The Hall–Kier alpha value is -2.91. The summed E-state index contributed by atoms with van der Waals surface area (Å²) < 4.78 is 34.2. The van der Waals surface area contributed by atoms with Crippen LogP contribution in [0.4, 0.5) is 11.4 Å². The predicted molar refractivity (Wildman–Crippen MR) is 128 cm³/mol. The Labute approximate surface area is 195 Å². The minimum Gasteiger partial charge on any atom is -0.494 e. The number of nitrogens with one attached hydrogen (secondary N) is 2. The molecule has 33 heavy (non-hydrogen) atoms. The molecule has 2 aromatic carbocycles. The summed E-state index contributed by atoms with van der Waals surface area (Å²) in [6.07, 6.45) is 0.574. The standard InChI is InChI=1S/C24H31N3O5S/c1-6-32-20-9-7-19(8-10-20)25-24(29)23(15(2)3)26-33(30,31)21-11-12-22-18(14-21)13-16(4)27(22)17(5)28/h7-12,14-16,23,26H,6,13H2,1-5H3,(H,25,29)/t16-,23-/m0/s1. The van der Waals surface area contributed by atoms with Crippen molar-refractivity contribution in [1.82, 2.24) is 4.72 Å². The molecule has 0 fully saturated rings. The van der Waals surface area contributed by atoms with E-state index in [4.69, 9.17) is 4.74 Å². The second-order valence-corrected chi connectivity index (χ2v) is 10.2. The van der Waals surface area contributed by atoms with Crippen LogP contribution in [0.25, 0.3) is 0 Å². The summed E-state index contributed by atoms with van der Waals surface area (Å²) in [5.41, 5.74) is 2.06. The quantitative estimate of drug-likeness (QED) is 0.612. The van der Waals surface area contributed by atoms with Crippen LogP contribution in [0.1, 0.15) is 40.2 Å². The first-order valence-electron chi connectivity index (χ1n) is 11.0. The molecule has 1 aliphatic rings.